The summed E-state index contributed by atoms with van der Waals surface area (Å²) in [4.78, 5) is 21.5. The van der Waals surface area contributed by atoms with E-state index in [1.165, 1.54) is 12.1 Å². The van der Waals surface area contributed by atoms with Gasteiger partial charge in [-0.3, -0.25) is 0 Å². The highest BCUT2D eigenvalue weighted by molar-refractivity contribution is 5.90. The first kappa shape index (κ1) is 19.4. The van der Waals surface area contributed by atoms with E-state index in [1.54, 1.807) is 6.07 Å². The third-order valence-electron chi connectivity index (χ3n) is 5.74. The number of anilines is 2. The molecule has 6 nitrogen and oxygen atoms in total. The molecule has 0 atom stereocenters. The summed E-state index contributed by atoms with van der Waals surface area (Å²) in [5.74, 6) is 0.516. The highest BCUT2D eigenvalue weighted by Gasteiger charge is 2.24. The van der Waals surface area contributed by atoms with Crippen molar-refractivity contribution < 1.29 is 9.18 Å². The predicted octanol–water partition coefficient (Wildman–Crippen LogP) is 4.60. The van der Waals surface area contributed by atoms with E-state index in [0.29, 0.717) is 31.7 Å². The van der Waals surface area contributed by atoms with Crippen molar-refractivity contribution in [1.82, 2.24) is 14.3 Å². The molecule has 1 fully saturated rings. The van der Waals surface area contributed by atoms with Gasteiger partial charge in [-0.05, 0) is 61.4 Å². The minimum Gasteiger partial charge on any atom is -0.351 e. The maximum absolute atomic E-state index is 13.8. The summed E-state index contributed by atoms with van der Waals surface area (Å²) in [6.07, 6.45) is 1.97. The number of urea groups is 1. The van der Waals surface area contributed by atoms with E-state index in [4.69, 9.17) is 4.98 Å². The van der Waals surface area contributed by atoms with Gasteiger partial charge in [0.2, 0.25) is 0 Å². The van der Waals surface area contributed by atoms with Crippen LogP contribution in [0.2, 0.25) is 0 Å². The molecule has 0 radical (unpaired) electrons. The first-order valence-corrected chi connectivity index (χ1v) is 10.4. The van der Waals surface area contributed by atoms with Crippen molar-refractivity contribution in [2.24, 2.45) is 0 Å². The number of nitrogens with zero attached hydrogens (tertiary/aromatic N) is 4. The van der Waals surface area contributed by atoms with Crippen LogP contribution in [0.4, 0.5) is 20.7 Å². The minimum atomic E-state index is -0.301. The number of benzene rings is 2. The third-order valence-corrected chi connectivity index (χ3v) is 5.74. The normalized spacial score (nSPS) is 14.4. The van der Waals surface area contributed by atoms with Crippen molar-refractivity contribution in [3.63, 3.8) is 0 Å². The number of aryl methyl sites for hydroxylation is 2. The number of hydrogen-bond acceptors (Lipinski definition) is 3. The molecule has 31 heavy (non-hydrogen) atoms. The van der Waals surface area contributed by atoms with Crippen LogP contribution in [0.25, 0.3) is 16.6 Å². The van der Waals surface area contributed by atoms with Crippen LogP contribution in [0.3, 0.4) is 0 Å². The van der Waals surface area contributed by atoms with Crippen LogP contribution in [0.5, 0.6) is 0 Å². The molecular weight excluding hydrogens is 393 g/mol. The van der Waals surface area contributed by atoms with Gasteiger partial charge >= 0.3 is 6.03 Å². The second-order valence-corrected chi connectivity index (χ2v) is 8.11. The Balaban J connectivity index is 1.35. The quantitative estimate of drug-likeness (QED) is 0.519. The molecule has 1 aliphatic rings. The summed E-state index contributed by atoms with van der Waals surface area (Å²) < 4.78 is 15.8. The van der Waals surface area contributed by atoms with Crippen LogP contribution in [0.1, 0.15) is 11.1 Å². The van der Waals surface area contributed by atoms with Crippen molar-refractivity contribution in [2.75, 3.05) is 36.4 Å². The van der Waals surface area contributed by atoms with Gasteiger partial charge in [0.15, 0.2) is 5.82 Å². The van der Waals surface area contributed by atoms with Crippen molar-refractivity contribution in [3.05, 3.63) is 71.7 Å². The average molecular weight is 417 g/mol. The summed E-state index contributed by atoms with van der Waals surface area (Å²) in [5.41, 5.74) is 5.53. The summed E-state index contributed by atoms with van der Waals surface area (Å²) in [7, 11) is 0. The Labute approximate surface area is 179 Å². The van der Waals surface area contributed by atoms with Gasteiger partial charge in [-0.2, -0.15) is 0 Å². The SMILES string of the molecule is Cc1cc(C)cc(NC(=O)N2CCN(c3nc4cc(F)ccc4n4cccc34)CC2)c1. The smallest absolute Gasteiger partial charge is 0.321 e. The van der Waals surface area contributed by atoms with Gasteiger partial charge in [-0.25, -0.2) is 14.2 Å². The molecule has 1 saturated heterocycles. The Morgan fingerprint density at radius 1 is 0.968 bits per heavy atom. The molecule has 2 aromatic heterocycles. The summed E-state index contributed by atoms with van der Waals surface area (Å²) in [5, 5.41) is 3.01. The Kier molecular flexibility index (Phi) is 4.73. The molecule has 158 valence electrons. The lowest BCUT2D eigenvalue weighted by Crippen LogP contribution is -2.50. The standard InChI is InChI=1S/C24H24FN5O/c1-16-12-17(2)14-19(13-16)26-24(31)29-10-8-28(9-11-29)23-22-4-3-7-30(22)21-6-5-18(25)15-20(21)27-23/h3-7,12-15H,8-11H2,1-2H3,(H,26,31). The van der Waals surface area contributed by atoms with Gasteiger partial charge in [-0.1, -0.05) is 6.07 Å². The highest BCUT2D eigenvalue weighted by Crippen LogP contribution is 2.27. The minimum absolute atomic E-state index is 0.0916. The van der Waals surface area contributed by atoms with Crippen LogP contribution < -0.4 is 10.2 Å². The Morgan fingerprint density at radius 3 is 2.45 bits per heavy atom. The maximum Gasteiger partial charge on any atom is 0.321 e. The molecule has 0 saturated carbocycles. The number of halogens is 1. The Bertz CT molecular complexity index is 1270. The topological polar surface area (TPSA) is 52.9 Å². The Morgan fingerprint density at radius 2 is 1.71 bits per heavy atom. The zero-order chi connectivity index (χ0) is 21.5. The number of hydrogen-bond donors (Lipinski definition) is 1. The van der Waals surface area contributed by atoms with Gasteiger partial charge in [0.1, 0.15) is 5.82 Å². The number of piperazine rings is 1. The molecule has 5 rings (SSSR count). The van der Waals surface area contributed by atoms with Crippen molar-refractivity contribution in [2.45, 2.75) is 13.8 Å². The van der Waals surface area contributed by atoms with Crippen molar-refractivity contribution in [3.8, 4) is 0 Å². The molecule has 1 aliphatic heterocycles. The molecule has 2 aromatic carbocycles. The highest BCUT2D eigenvalue weighted by atomic mass is 19.1. The predicted molar refractivity (Wildman–Crippen MR) is 121 cm³/mol. The van der Waals surface area contributed by atoms with Crippen LogP contribution in [-0.2, 0) is 0 Å². The summed E-state index contributed by atoms with van der Waals surface area (Å²) in [6, 6.07) is 14.6. The number of fused-ring (bicyclic) bond motifs is 3. The van der Waals surface area contributed by atoms with Gasteiger partial charge in [0.25, 0.3) is 0 Å². The van der Waals surface area contributed by atoms with Gasteiger partial charge < -0.3 is 19.5 Å². The number of nitrogens with one attached hydrogen (secondary N) is 1. The molecule has 0 spiro atoms. The number of aromatic nitrogens is 2. The third kappa shape index (κ3) is 3.67. The molecular formula is C24H24FN5O. The molecule has 0 aliphatic carbocycles. The van der Waals surface area contributed by atoms with Gasteiger partial charge in [-0.15, -0.1) is 0 Å². The first-order valence-electron chi connectivity index (χ1n) is 10.4. The molecule has 3 heterocycles. The first-order chi connectivity index (χ1) is 15.0. The number of rotatable bonds is 2. The summed E-state index contributed by atoms with van der Waals surface area (Å²) in [6.45, 7) is 6.54. The molecule has 0 unspecified atom stereocenters. The molecule has 0 bridgehead atoms. The second-order valence-electron chi connectivity index (χ2n) is 8.11. The lowest BCUT2D eigenvalue weighted by Gasteiger charge is -2.35. The largest absolute Gasteiger partial charge is 0.351 e. The lowest BCUT2D eigenvalue weighted by atomic mass is 10.1. The monoisotopic (exact) mass is 417 g/mol. The maximum atomic E-state index is 13.8. The van der Waals surface area contributed by atoms with E-state index in [0.717, 1.165) is 33.7 Å². The van der Waals surface area contributed by atoms with E-state index >= 15 is 0 Å². The van der Waals surface area contributed by atoms with E-state index in [-0.39, 0.29) is 11.8 Å². The number of amides is 2. The zero-order valence-electron chi connectivity index (χ0n) is 17.6. The van der Waals surface area contributed by atoms with Crippen LogP contribution in [0.15, 0.2) is 54.7 Å². The van der Waals surface area contributed by atoms with Crippen molar-refractivity contribution in [1.29, 1.82) is 0 Å². The van der Waals surface area contributed by atoms with Gasteiger partial charge in [0.05, 0.1) is 16.6 Å². The molecule has 2 amide bonds. The van der Waals surface area contributed by atoms with E-state index in [1.807, 2.05) is 53.6 Å². The van der Waals surface area contributed by atoms with E-state index in [2.05, 4.69) is 16.3 Å². The average Bonchev–Trinajstić information content (AvgIpc) is 3.22. The van der Waals surface area contributed by atoms with Gasteiger partial charge in [0, 0.05) is 44.1 Å². The summed E-state index contributed by atoms with van der Waals surface area (Å²) >= 11 is 0. The lowest BCUT2D eigenvalue weighted by molar-refractivity contribution is 0.208. The molecule has 1 N–H and O–H groups in total. The number of carbonyl (C=O) groups excluding carboxylic acids is 1. The van der Waals surface area contributed by atoms with E-state index in [9.17, 15) is 9.18 Å². The zero-order valence-corrected chi connectivity index (χ0v) is 17.6. The fraction of sp³-hybridized carbons (Fsp3) is 0.250. The van der Waals surface area contributed by atoms with Crippen LogP contribution >= 0.6 is 0 Å². The molecule has 7 heteroatoms. The molecule has 4 aromatic rings. The van der Waals surface area contributed by atoms with Crippen LogP contribution in [0, 0.1) is 19.7 Å². The Hall–Kier alpha value is -3.61. The second kappa shape index (κ2) is 7.58. The fourth-order valence-electron chi connectivity index (χ4n) is 4.34. The van der Waals surface area contributed by atoms with Crippen molar-refractivity contribution >= 4 is 34.1 Å². The van der Waals surface area contributed by atoms with E-state index < -0.39 is 0 Å². The van der Waals surface area contributed by atoms with Crippen LogP contribution in [-0.4, -0.2) is 46.5 Å². The number of carbonyl (C=O) groups is 1. The fourth-order valence-corrected chi connectivity index (χ4v) is 4.34.